The van der Waals surface area contributed by atoms with E-state index in [1.807, 2.05) is 43.3 Å². The maximum Gasteiger partial charge on any atom is 0.240 e. The summed E-state index contributed by atoms with van der Waals surface area (Å²) in [5.74, 6) is 0. The molecule has 2 aromatic carbocycles. The number of nitrogens with zero attached hydrogens (tertiary/aromatic N) is 4. The molecule has 0 atom stereocenters. The first-order valence-corrected chi connectivity index (χ1v) is 9.10. The Morgan fingerprint density at radius 3 is 1.96 bits per heavy atom. The predicted octanol–water partition coefficient (Wildman–Crippen LogP) is 3.15. The number of benzene rings is 2. The van der Waals surface area contributed by atoms with Crippen LogP contribution in [0.3, 0.4) is 0 Å². The highest BCUT2D eigenvalue weighted by Gasteiger charge is 2.12. The number of anilines is 1. The van der Waals surface area contributed by atoms with Gasteiger partial charge in [-0.25, -0.2) is 13.1 Å². The van der Waals surface area contributed by atoms with Crippen LogP contribution in [0.25, 0.3) is 0 Å². The first kappa shape index (κ1) is 18.8. The Hall–Kier alpha value is -2.58. The van der Waals surface area contributed by atoms with E-state index in [4.69, 9.17) is 0 Å². The lowest BCUT2D eigenvalue weighted by Crippen LogP contribution is -2.25. The fraction of sp³-hybridized carbons (Fsp3) is 0.235. The van der Waals surface area contributed by atoms with E-state index in [1.54, 1.807) is 19.2 Å². The number of aliphatic imine (C=N–C) groups is 1. The Kier molecular flexibility index (Phi) is 6.37. The third-order valence-electron chi connectivity index (χ3n) is 3.34. The molecule has 0 saturated heterocycles. The summed E-state index contributed by atoms with van der Waals surface area (Å²) in [6.07, 6.45) is 1.49. The molecule has 2 aromatic rings. The fourth-order valence-electron chi connectivity index (χ4n) is 1.95. The van der Waals surface area contributed by atoms with Crippen molar-refractivity contribution in [3.05, 3.63) is 48.5 Å². The highest BCUT2D eigenvalue weighted by molar-refractivity contribution is 7.89. The smallest absolute Gasteiger partial charge is 0.240 e. The molecule has 0 heterocycles. The largest absolute Gasteiger partial charge is 0.378 e. The Labute approximate surface area is 148 Å². The second kappa shape index (κ2) is 8.50. The van der Waals surface area contributed by atoms with E-state index in [1.165, 1.54) is 18.3 Å². The lowest BCUT2D eigenvalue weighted by Gasteiger charge is -2.11. The van der Waals surface area contributed by atoms with Gasteiger partial charge in [-0.2, -0.15) is 10.2 Å². The summed E-state index contributed by atoms with van der Waals surface area (Å²) in [6, 6.07) is 13.9. The van der Waals surface area contributed by atoms with Gasteiger partial charge in [-0.1, -0.05) is 0 Å². The average molecular weight is 359 g/mol. The van der Waals surface area contributed by atoms with Gasteiger partial charge in [0.25, 0.3) is 0 Å². The maximum atomic E-state index is 12.1. The number of azo groups is 1. The summed E-state index contributed by atoms with van der Waals surface area (Å²) in [6.45, 7) is 0.156. The lowest BCUT2D eigenvalue weighted by molar-refractivity contribution is 0.586. The quantitative estimate of drug-likeness (QED) is 0.608. The Morgan fingerprint density at radius 2 is 1.48 bits per heavy atom. The number of nitrogens with one attached hydrogen (secondary N) is 1. The standard InChI is InChI=1S/C17H21N5O2S/c1-18-12-13-19-25(23,24)17-10-6-15(7-11-17)21-20-14-4-8-16(9-5-14)22(2)3/h4-12,19H,13H2,1-3H3/b18-12?,21-20+. The van der Waals surface area contributed by atoms with Crippen LogP contribution in [0.5, 0.6) is 0 Å². The van der Waals surface area contributed by atoms with Crippen molar-refractivity contribution in [2.24, 2.45) is 15.2 Å². The molecular formula is C17H21N5O2S. The molecule has 0 aliphatic heterocycles. The Morgan fingerprint density at radius 1 is 0.960 bits per heavy atom. The van der Waals surface area contributed by atoms with Crippen LogP contribution in [0.1, 0.15) is 0 Å². The van der Waals surface area contributed by atoms with E-state index >= 15 is 0 Å². The summed E-state index contributed by atoms with van der Waals surface area (Å²) in [5, 5.41) is 8.28. The second-order valence-electron chi connectivity index (χ2n) is 5.40. The van der Waals surface area contributed by atoms with Crippen molar-refractivity contribution in [1.29, 1.82) is 0 Å². The van der Waals surface area contributed by atoms with Crippen LogP contribution in [0.15, 0.2) is 68.6 Å². The van der Waals surface area contributed by atoms with Gasteiger partial charge in [0.05, 0.1) is 16.3 Å². The van der Waals surface area contributed by atoms with Gasteiger partial charge in [0.1, 0.15) is 0 Å². The summed E-state index contributed by atoms with van der Waals surface area (Å²) in [7, 11) is 1.97. The molecule has 0 radical (unpaired) electrons. The summed E-state index contributed by atoms with van der Waals surface area (Å²) in [4.78, 5) is 5.91. The molecule has 132 valence electrons. The monoisotopic (exact) mass is 359 g/mol. The number of hydrogen-bond acceptors (Lipinski definition) is 6. The average Bonchev–Trinajstić information content (AvgIpc) is 2.61. The molecule has 0 unspecified atom stereocenters. The highest BCUT2D eigenvalue weighted by Crippen LogP contribution is 2.22. The fourth-order valence-corrected chi connectivity index (χ4v) is 2.90. The highest BCUT2D eigenvalue weighted by atomic mass is 32.2. The van der Waals surface area contributed by atoms with Crippen molar-refractivity contribution in [2.75, 3.05) is 32.6 Å². The minimum absolute atomic E-state index is 0.156. The SMILES string of the molecule is CN=CCNS(=O)(=O)c1ccc(/N=N/c2ccc(N(C)C)cc2)cc1. The van der Waals surface area contributed by atoms with Gasteiger partial charge in [-0.05, 0) is 48.5 Å². The molecule has 0 bridgehead atoms. The van der Waals surface area contributed by atoms with E-state index in [0.29, 0.717) is 5.69 Å². The van der Waals surface area contributed by atoms with Gasteiger partial charge in [-0.3, -0.25) is 4.99 Å². The summed E-state index contributed by atoms with van der Waals surface area (Å²) >= 11 is 0. The minimum Gasteiger partial charge on any atom is -0.378 e. The van der Waals surface area contributed by atoms with Crippen molar-refractivity contribution < 1.29 is 8.42 Å². The predicted molar refractivity (Wildman–Crippen MR) is 101 cm³/mol. The topological polar surface area (TPSA) is 86.5 Å². The van der Waals surface area contributed by atoms with E-state index in [-0.39, 0.29) is 11.4 Å². The zero-order valence-corrected chi connectivity index (χ0v) is 15.2. The second-order valence-corrected chi connectivity index (χ2v) is 7.16. The zero-order chi connectivity index (χ0) is 18.3. The molecule has 1 N–H and O–H groups in total. The normalized spacial score (nSPS) is 12.1. The number of hydrogen-bond donors (Lipinski definition) is 1. The van der Waals surface area contributed by atoms with Crippen LogP contribution in [0, 0.1) is 0 Å². The molecule has 0 amide bonds. The van der Waals surface area contributed by atoms with E-state index in [9.17, 15) is 8.42 Å². The minimum atomic E-state index is -3.55. The van der Waals surface area contributed by atoms with Crippen molar-refractivity contribution in [2.45, 2.75) is 4.90 Å². The molecule has 8 heteroatoms. The van der Waals surface area contributed by atoms with E-state index in [0.717, 1.165) is 11.4 Å². The van der Waals surface area contributed by atoms with Gasteiger partial charge in [0.15, 0.2) is 0 Å². The van der Waals surface area contributed by atoms with Gasteiger partial charge in [0.2, 0.25) is 10.0 Å². The van der Waals surface area contributed by atoms with Gasteiger partial charge in [0, 0.05) is 39.6 Å². The molecule has 0 fully saturated rings. The van der Waals surface area contributed by atoms with Gasteiger partial charge in [-0.15, -0.1) is 0 Å². The van der Waals surface area contributed by atoms with E-state index in [2.05, 4.69) is 19.9 Å². The molecule has 2 rings (SSSR count). The number of sulfonamides is 1. The van der Waals surface area contributed by atoms with Crippen LogP contribution >= 0.6 is 0 Å². The van der Waals surface area contributed by atoms with Crippen LogP contribution in [0.4, 0.5) is 17.1 Å². The first-order valence-electron chi connectivity index (χ1n) is 7.62. The molecule has 0 aliphatic carbocycles. The van der Waals surface area contributed by atoms with Crippen molar-refractivity contribution in [3.63, 3.8) is 0 Å². The molecule has 0 spiro atoms. The van der Waals surface area contributed by atoms with Gasteiger partial charge >= 0.3 is 0 Å². The molecule has 7 nitrogen and oxygen atoms in total. The number of rotatable bonds is 7. The van der Waals surface area contributed by atoms with Crippen LogP contribution in [0.2, 0.25) is 0 Å². The third-order valence-corrected chi connectivity index (χ3v) is 4.78. The van der Waals surface area contributed by atoms with Crippen LogP contribution < -0.4 is 9.62 Å². The van der Waals surface area contributed by atoms with Crippen LogP contribution in [-0.4, -0.2) is 42.3 Å². The molecule has 0 aromatic heterocycles. The molecule has 25 heavy (non-hydrogen) atoms. The summed E-state index contributed by atoms with van der Waals surface area (Å²) in [5.41, 5.74) is 2.38. The third kappa shape index (κ3) is 5.47. The van der Waals surface area contributed by atoms with E-state index < -0.39 is 10.0 Å². The molecule has 0 saturated carbocycles. The molecule has 0 aliphatic rings. The van der Waals surface area contributed by atoms with Crippen LogP contribution in [-0.2, 0) is 10.0 Å². The lowest BCUT2D eigenvalue weighted by atomic mass is 10.3. The summed E-state index contributed by atoms with van der Waals surface area (Å²) < 4.78 is 26.5. The Bertz CT molecular complexity index is 842. The maximum absolute atomic E-state index is 12.1. The van der Waals surface area contributed by atoms with Crippen molar-refractivity contribution in [3.8, 4) is 0 Å². The van der Waals surface area contributed by atoms with Crippen molar-refractivity contribution >= 4 is 33.3 Å². The first-order chi connectivity index (χ1) is 11.9. The zero-order valence-electron chi connectivity index (χ0n) is 14.4. The van der Waals surface area contributed by atoms with Gasteiger partial charge < -0.3 is 4.90 Å². The Balaban J connectivity index is 2.07. The van der Waals surface area contributed by atoms with Crippen molar-refractivity contribution in [1.82, 2.24) is 4.72 Å². The molecular weight excluding hydrogens is 338 g/mol.